The summed E-state index contributed by atoms with van der Waals surface area (Å²) in [5, 5.41) is 3.48. The van der Waals surface area contributed by atoms with Gasteiger partial charge in [-0.15, -0.1) is 0 Å². The van der Waals surface area contributed by atoms with Crippen molar-refractivity contribution in [3.8, 4) is 0 Å². The molecule has 1 aromatic rings. The minimum Gasteiger partial charge on any atom is -0.378 e. The Morgan fingerprint density at radius 3 is 2.62 bits per heavy atom. The van der Waals surface area contributed by atoms with E-state index in [-0.39, 0.29) is 17.9 Å². The molecule has 142 valence electrons. The van der Waals surface area contributed by atoms with Gasteiger partial charge in [0, 0.05) is 35.7 Å². The van der Waals surface area contributed by atoms with Gasteiger partial charge in [-0.05, 0) is 37.6 Å². The highest BCUT2D eigenvalue weighted by atomic mass is 35.5. The fourth-order valence-electron chi connectivity index (χ4n) is 3.80. The summed E-state index contributed by atoms with van der Waals surface area (Å²) in [5.41, 5.74) is 5.67. The SMILES string of the molecule is CCOC1CC(N)(C(=O)NC2CCN(c3ccc(Cl)cc3)C2=O)C1(C)C. The molecule has 2 fully saturated rings. The Bertz CT molecular complexity index is 706. The van der Waals surface area contributed by atoms with Crippen LogP contribution >= 0.6 is 11.6 Å². The van der Waals surface area contributed by atoms with E-state index in [9.17, 15) is 9.59 Å². The number of hydrogen-bond donors (Lipinski definition) is 2. The lowest BCUT2D eigenvalue weighted by atomic mass is 9.54. The Balaban J connectivity index is 1.66. The highest BCUT2D eigenvalue weighted by molar-refractivity contribution is 6.30. The zero-order valence-corrected chi connectivity index (χ0v) is 16.2. The van der Waals surface area contributed by atoms with E-state index < -0.39 is 17.0 Å². The summed E-state index contributed by atoms with van der Waals surface area (Å²) in [6.07, 6.45) is 0.966. The Hall–Kier alpha value is -1.63. The molecule has 1 heterocycles. The molecule has 0 spiro atoms. The van der Waals surface area contributed by atoms with Gasteiger partial charge >= 0.3 is 0 Å². The zero-order valence-electron chi connectivity index (χ0n) is 15.4. The number of nitrogens with two attached hydrogens (primary N) is 1. The summed E-state index contributed by atoms with van der Waals surface area (Å²) in [6.45, 7) is 6.94. The molecular formula is C19H26ClN3O3. The molecule has 1 saturated heterocycles. The van der Waals surface area contributed by atoms with E-state index in [4.69, 9.17) is 22.1 Å². The Morgan fingerprint density at radius 1 is 1.38 bits per heavy atom. The first kappa shape index (κ1) is 19.1. The first-order valence-corrected chi connectivity index (χ1v) is 9.37. The van der Waals surface area contributed by atoms with Crippen LogP contribution in [0, 0.1) is 5.41 Å². The van der Waals surface area contributed by atoms with Gasteiger partial charge in [0.25, 0.3) is 0 Å². The summed E-state index contributed by atoms with van der Waals surface area (Å²) in [4.78, 5) is 27.2. The van der Waals surface area contributed by atoms with Gasteiger partial charge in [0.15, 0.2) is 0 Å². The fourth-order valence-corrected chi connectivity index (χ4v) is 3.92. The molecule has 2 amide bonds. The maximum absolute atomic E-state index is 12.8. The molecule has 26 heavy (non-hydrogen) atoms. The smallest absolute Gasteiger partial charge is 0.249 e. The topological polar surface area (TPSA) is 84.7 Å². The van der Waals surface area contributed by atoms with Gasteiger partial charge in [0.2, 0.25) is 11.8 Å². The molecule has 0 aromatic heterocycles. The van der Waals surface area contributed by atoms with Crippen LogP contribution in [0.15, 0.2) is 24.3 Å². The number of hydrogen-bond acceptors (Lipinski definition) is 4. The van der Waals surface area contributed by atoms with Gasteiger partial charge in [-0.3, -0.25) is 9.59 Å². The second-order valence-corrected chi connectivity index (χ2v) is 8.06. The van der Waals surface area contributed by atoms with Crippen LogP contribution < -0.4 is 16.0 Å². The number of benzene rings is 1. The maximum atomic E-state index is 12.8. The molecule has 3 rings (SSSR count). The maximum Gasteiger partial charge on any atom is 0.249 e. The van der Waals surface area contributed by atoms with Crippen LogP contribution in [0.25, 0.3) is 0 Å². The number of nitrogens with one attached hydrogen (secondary N) is 1. The van der Waals surface area contributed by atoms with Crippen LogP contribution in [0.2, 0.25) is 5.02 Å². The molecule has 1 aliphatic carbocycles. The summed E-state index contributed by atoms with van der Waals surface area (Å²) >= 11 is 5.90. The molecule has 1 saturated carbocycles. The Labute approximate surface area is 159 Å². The van der Waals surface area contributed by atoms with Crippen molar-refractivity contribution in [2.45, 2.75) is 51.3 Å². The number of anilines is 1. The zero-order chi connectivity index (χ0) is 19.1. The molecule has 2 aliphatic rings. The van der Waals surface area contributed by atoms with Crippen LogP contribution in [-0.2, 0) is 14.3 Å². The molecule has 1 aromatic carbocycles. The molecular weight excluding hydrogens is 354 g/mol. The van der Waals surface area contributed by atoms with Gasteiger partial charge in [0.1, 0.15) is 11.6 Å². The number of ether oxygens (including phenoxy) is 1. The number of carbonyl (C=O) groups excluding carboxylic acids is 2. The molecule has 3 N–H and O–H groups in total. The number of nitrogens with zero attached hydrogens (tertiary/aromatic N) is 1. The predicted molar refractivity (Wildman–Crippen MR) is 101 cm³/mol. The van der Waals surface area contributed by atoms with Crippen LogP contribution in [0.4, 0.5) is 5.69 Å². The minimum atomic E-state index is -1.03. The number of amides is 2. The standard InChI is InChI=1S/C19H26ClN3O3/c1-4-26-15-11-19(21,18(15,2)3)17(25)22-14-9-10-23(16(14)24)13-7-5-12(20)6-8-13/h5-8,14-15H,4,9-11,21H2,1-3H3,(H,22,25). The number of halogens is 1. The first-order valence-electron chi connectivity index (χ1n) is 8.99. The molecule has 0 radical (unpaired) electrons. The van der Waals surface area contributed by atoms with Gasteiger partial charge in [-0.2, -0.15) is 0 Å². The van der Waals surface area contributed by atoms with E-state index in [0.717, 1.165) is 5.69 Å². The van der Waals surface area contributed by atoms with Gasteiger partial charge < -0.3 is 20.7 Å². The van der Waals surface area contributed by atoms with E-state index in [1.807, 2.05) is 20.8 Å². The minimum absolute atomic E-state index is 0.0481. The van der Waals surface area contributed by atoms with Crippen LogP contribution in [0.3, 0.4) is 0 Å². The summed E-state index contributed by atoms with van der Waals surface area (Å²) in [7, 11) is 0. The second-order valence-electron chi connectivity index (χ2n) is 7.62. The van der Waals surface area contributed by atoms with E-state index in [1.165, 1.54) is 0 Å². The molecule has 0 bridgehead atoms. The Morgan fingerprint density at radius 2 is 2.04 bits per heavy atom. The molecule has 3 unspecified atom stereocenters. The average Bonchev–Trinajstić information content (AvgIpc) is 2.96. The van der Waals surface area contributed by atoms with Crippen molar-refractivity contribution in [1.29, 1.82) is 0 Å². The highest BCUT2D eigenvalue weighted by Crippen LogP contribution is 2.50. The third-order valence-corrected chi connectivity index (χ3v) is 6.14. The van der Waals surface area contributed by atoms with Crippen molar-refractivity contribution in [1.82, 2.24) is 5.32 Å². The van der Waals surface area contributed by atoms with E-state index in [0.29, 0.717) is 31.0 Å². The monoisotopic (exact) mass is 379 g/mol. The van der Waals surface area contributed by atoms with Crippen LogP contribution in [-0.4, -0.2) is 42.7 Å². The van der Waals surface area contributed by atoms with Crippen LogP contribution in [0.5, 0.6) is 0 Å². The van der Waals surface area contributed by atoms with Gasteiger partial charge in [-0.1, -0.05) is 25.4 Å². The van der Waals surface area contributed by atoms with E-state index in [1.54, 1.807) is 29.2 Å². The van der Waals surface area contributed by atoms with Crippen molar-refractivity contribution in [2.24, 2.45) is 11.1 Å². The fraction of sp³-hybridized carbons (Fsp3) is 0.579. The van der Waals surface area contributed by atoms with Crippen molar-refractivity contribution >= 4 is 29.1 Å². The molecule has 3 atom stereocenters. The van der Waals surface area contributed by atoms with Gasteiger partial charge in [-0.25, -0.2) is 0 Å². The average molecular weight is 380 g/mol. The van der Waals surface area contributed by atoms with Crippen molar-refractivity contribution in [3.63, 3.8) is 0 Å². The third-order valence-electron chi connectivity index (χ3n) is 5.88. The lowest BCUT2D eigenvalue weighted by molar-refractivity contribution is -0.171. The van der Waals surface area contributed by atoms with Crippen molar-refractivity contribution < 1.29 is 14.3 Å². The first-order chi connectivity index (χ1) is 12.2. The predicted octanol–water partition coefficient (Wildman–Crippen LogP) is 2.09. The van der Waals surface area contributed by atoms with Crippen molar-refractivity contribution in [2.75, 3.05) is 18.1 Å². The summed E-state index contributed by atoms with van der Waals surface area (Å²) in [6, 6.07) is 6.54. The lowest BCUT2D eigenvalue weighted by Crippen LogP contribution is -2.76. The largest absolute Gasteiger partial charge is 0.378 e. The Kier molecular flexibility index (Phi) is 5.03. The molecule has 6 nitrogen and oxygen atoms in total. The van der Waals surface area contributed by atoms with E-state index >= 15 is 0 Å². The van der Waals surface area contributed by atoms with E-state index in [2.05, 4.69) is 5.32 Å². The highest BCUT2D eigenvalue weighted by Gasteiger charge is 2.63. The number of carbonyl (C=O) groups is 2. The summed E-state index contributed by atoms with van der Waals surface area (Å²) < 4.78 is 5.67. The number of rotatable bonds is 5. The van der Waals surface area contributed by atoms with Crippen molar-refractivity contribution in [3.05, 3.63) is 29.3 Å². The van der Waals surface area contributed by atoms with Gasteiger partial charge in [0.05, 0.1) is 6.10 Å². The van der Waals surface area contributed by atoms with Crippen LogP contribution in [0.1, 0.15) is 33.6 Å². The quantitative estimate of drug-likeness (QED) is 0.820. The summed E-state index contributed by atoms with van der Waals surface area (Å²) in [5.74, 6) is -0.405. The lowest BCUT2D eigenvalue weighted by Gasteiger charge is -2.57. The second kappa shape index (κ2) is 6.83. The third kappa shape index (κ3) is 3.00. The molecule has 1 aliphatic heterocycles. The molecule has 7 heteroatoms. The normalized spacial score (nSPS) is 30.2.